The topological polar surface area (TPSA) is 56.2 Å². The van der Waals surface area contributed by atoms with Crippen molar-refractivity contribution in [2.75, 3.05) is 0 Å². The van der Waals surface area contributed by atoms with Crippen molar-refractivity contribution >= 4 is 11.0 Å². The van der Waals surface area contributed by atoms with Gasteiger partial charge in [-0.3, -0.25) is 4.79 Å². The largest absolute Gasteiger partial charge is 0.459 e. The van der Waals surface area contributed by atoms with Gasteiger partial charge in [-0.2, -0.15) is 0 Å². The number of nitrogens with two attached hydrogens (primary N) is 1. The fourth-order valence-corrected chi connectivity index (χ4v) is 1.35. The molecule has 2 rings (SSSR count). The maximum absolute atomic E-state index is 11.6. The van der Waals surface area contributed by atoms with E-state index in [2.05, 4.69) is 0 Å². The summed E-state index contributed by atoms with van der Waals surface area (Å²) in [7, 11) is 0. The van der Waals surface area contributed by atoms with Crippen LogP contribution >= 0.6 is 0 Å². The Kier molecular flexibility index (Phi) is 2.09. The molecule has 3 nitrogen and oxygen atoms in total. The molecule has 0 radical (unpaired) electrons. The van der Waals surface area contributed by atoms with Crippen LogP contribution in [0.5, 0.6) is 0 Å². The van der Waals surface area contributed by atoms with Gasteiger partial charge in [0.05, 0.1) is 11.4 Å². The van der Waals surface area contributed by atoms with E-state index < -0.39 is 0 Å². The maximum atomic E-state index is 11.6. The minimum absolute atomic E-state index is 0.0425. The highest BCUT2D eigenvalue weighted by Crippen LogP contribution is 2.14. The van der Waals surface area contributed by atoms with Crippen LogP contribution in [0, 0.1) is 0 Å². The minimum Gasteiger partial charge on any atom is -0.459 e. The summed E-state index contributed by atoms with van der Waals surface area (Å²) in [5, 5.41) is 0.594. The Hall–Kier alpha value is -1.61. The first-order valence-corrected chi connectivity index (χ1v) is 4.47. The van der Waals surface area contributed by atoms with Crippen LogP contribution in [-0.4, -0.2) is 0 Å². The summed E-state index contributed by atoms with van der Waals surface area (Å²) in [6.07, 6.45) is 0. The molecule has 0 amide bonds. The lowest BCUT2D eigenvalue weighted by atomic mass is 10.2. The molecule has 1 atom stereocenters. The molecule has 0 aliphatic heterocycles. The Morgan fingerprint density at radius 3 is 2.79 bits per heavy atom. The van der Waals surface area contributed by atoms with Crippen LogP contribution in [0.1, 0.15) is 18.7 Å². The summed E-state index contributed by atoms with van der Waals surface area (Å²) in [6.45, 7) is 1.78. The van der Waals surface area contributed by atoms with Crippen LogP contribution < -0.4 is 11.2 Å². The van der Waals surface area contributed by atoms with Crippen LogP contribution in [0.4, 0.5) is 0 Å². The molecule has 0 fully saturated rings. The second kappa shape index (κ2) is 3.27. The van der Waals surface area contributed by atoms with E-state index in [4.69, 9.17) is 10.2 Å². The van der Waals surface area contributed by atoms with Gasteiger partial charge in [-0.05, 0) is 19.1 Å². The van der Waals surface area contributed by atoms with Crippen LogP contribution in [0.2, 0.25) is 0 Å². The molecule has 3 heteroatoms. The van der Waals surface area contributed by atoms with Crippen molar-refractivity contribution in [3.8, 4) is 0 Å². The minimum atomic E-state index is -0.257. The highest BCUT2D eigenvalue weighted by atomic mass is 16.3. The number of fused-ring (bicyclic) bond motifs is 1. The van der Waals surface area contributed by atoms with Gasteiger partial charge in [0.15, 0.2) is 5.43 Å². The number of benzene rings is 1. The monoisotopic (exact) mass is 189 g/mol. The average molecular weight is 189 g/mol. The molecule has 14 heavy (non-hydrogen) atoms. The second-order valence-corrected chi connectivity index (χ2v) is 3.30. The summed E-state index contributed by atoms with van der Waals surface area (Å²) < 4.78 is 5.48. The molecule has 0 saturated heterocycles. The Morgan fingerprint density at radius 2 is 2.07 bits per heavy atom. The average Bonchev–Trinajstić information content (AvgIpc) is 2.17. The molecule has 2 N–H and O–H groups in total. The molecule has 72 valence electrons. The Balaban J connectivity index is 2.79. The molecular formula is C11H11NO2. The van der Waals surface area contributed by atoms with Crippen molar-refractivity contribution in [1.29, 1.82) is 0 Å². The Bertz CT molecular complexity index is 514. The SMILES string of the molecule is C[C@H](N)c1cc(=O)c2ccccc2o1. The standard InChI is InChI=1S/C11H11NO2/c1-7(12)11-6-9(13)8-4-2-3-5-10(8)14-11/h2-7H,12H2,1H3/t7-/m0/s1. The molecule has 0 bridgehead atoms. The number of hydrogen-bond donors (Lipinski definition) is 1. The van der Waals surface area contributed by atoms with E-state index >= 15 is 0 Å². The van der Waals surface area contributed by atoms with Crippen molar-refractivity contribution in [3.05, 3.63) is 46.3 Å². The van der Waals surface area contributed by atoms with Crippen molar-refractivity contribution in [1.82, 2.24) is 0 Å². The highest BCUT2D eigenvalue weighted by molar-refractivity contribution is 5.76. The lowest BCUT2D eigenvalue weighted by molar-refractivity contribution is 0.501. The van der Waals surface area contributed by atoms with Gasteiger partial charge in [-0.1, -0.05) is 12.1 Å². The predicted octanol–water partition coefficient (Wildman–Crippen LogP) is 1.81. The lowest BCUT2D eigenvalue weighted by Gasteiger charge is -2.04. The highest BCUT2D eigenvalue weighted by Gasteiger charge is 2.06. The van der Waals surface area contributed by atoms with Crippen molar-refractivity contribution < 1.29 is 4.42 Å². The molecule has 2 aromatic rings. The molecular weight excluding hydrogens is 178 g/mol. The molecule has 0 spiro atoms. The summed E-state index contributed by atoms with van der Waals surface area (Å²) in [4.78, 5) is 11.6. The summed E-state index contributed by atoms with van der Waals surface area (Å²) in [5.41, 5.74) is 6.19. The molecule has 0 aliphatic carbocycles. The van der Waals surface area contributed by atoms with Crippen molar-refractivity contribution in [3.63, 3.8) is 0 Å². The van der Waals surface area contributed by atoms with Crippen LogP contribution in [-0.2, 0) is 0 Å². The fraction of sp³-hybridized carbons (Fsp3) is 0.182. The van der Waals surface area contributed by atoms with Crippen LogP contribution in [0.25, 0.3) is 11.0 Å². The van der Waals surface area contributed by atoms with Crippen molar-refractivity contribution in [2.45, 2.75) is 13.0 Å². The van der Waals surface area contributed by atoms with Gasteiger partial charge in [0, 0.05) is 6.07 Å². The Labute approximate surface area is 81.1 Å². The molecule has 0 aliphatic rings. The van der Waals surface area contributed by atoms with Gasteiger partial charge in [0.25, 0.3) is 0 Å². The third-order valence-corrected chi connectivity index (χ3v) is 2.10. The number of hydrogen-bond acceptors (Lipinski definition) is 3. The van der Waals surface area contributed by atoms with Crippen molar-refractivity contribution in [2.24, 2.45) is 5.73 Å². The van der Waals surface area contributed by atoms with Gasteiger partial charge >= 0.3 is 0 Å². The molecule has 0 unspecified atom stereocenters. The second-order valence-electron chi connectivity index (χ2n) is 3.30. The van der Waals surface area contributed by atoms with E-state index in [1.165, 1.54) is 6.07 Å². The zero-order chi connectivity index (χ0) is 10.1. The van der Waals surface area contributed by atoms with E-state index in [1.807, 2.05) is 12.1 Å². The predicted molar refractivity (Wildman–Crippen MR) is 55.1 cm³/mol. The zero-order valence-corrected chi connectivity index (χ0v) is 7.86. The molecule has 1 aromatic heterocycles. The first-order valence-electron chi connectivity index (χ1n) is 4.47. The van der Waals surface area contributed by atoms with Gasteiger partial charge < -0.3 is 10.2 Å². The van der Waals surface area contributed by atoms with E-state index in [0.717, 1.165) is 0 Å². The van der Waals surface area contributed by atoms with Gasteiger partial charge in [0.1, 0.15) is 11.3 Å². The normalized spacial score (nSPS) is 13.0. The van der Waals surface area contributed by atoms with E-state index in [9.17, 15) is 4.79 Å². The third kappa shape index (κ3) is 1.42. The smallest absolute Gasteiger partial charge is 0.193 e. The van der Waals surface area contributed by atoms with Gasteiger partial charge in [-0.25, -0.2) is 0 Å². The number of para-hydroxylation sites is 1. The Morgan fingerprint density at radius 1 is 1.36 bits per heavy atom. The van der Waals surface area contributed by atoms with Crippen LogP contribution in [0.3, 0.4) is 0 Å². The summed E-state index contributed by atoms with van der Waals surface area (Å²) in [5.74, 6) is 0.522. The summed E-state index contributed by atoms with van der Waals surface area (Å²) >= 11 is 0. The van der Waals surface area contributed by atoms with Gasteiger partial charge in [-0.15, -0.1) is 0 Å². The number of rotatable bonds is 1. The molecule has 1 heterocycles. The molecule has 0 saturated carbocycles. The first kappa shape index (κ1) is 8.97. The fourth-order valence-electron chi connectivity index (χ4n) is 1.35. The van der Waals surface area contributed by atoms with Gasteiger partial charge in [0.2, 0.25) is 0 Å². The quantitative estimate of drug-likeness (QED) is 0.744. The van der Waals surface area contributed by atoms with E-state index in [1.54, 1.807) is 19.1 Å². The van der Waals surface area contributed by atoms with Crippen LogP contribution in [0.15, 0.2) is 39.5 Å². The van der Waals surface area contributed by atoms with E-state index in [-0.39, 0.29) is 11.5 Å². The lowest BCUT2D eigenvalue weighted by Crippen LogP contribution is -2.09. The first-order chi connectivity index (χ1) is 6.68. The third-order valence-electron chi connectivity index (χ3n) is 2.10. The zero-order valence-electron chi connectivity index (χ0n) is 7.86. The van der Waals surface area contributed by atoms with E-state index in [0.29, 0.717) is 16.7 Å². The summed E-state index contributed by atoms with van der Waals surface area (Å²) in [6, 6.07) is 8.34. The maximum Gasteiger partial charge on any atom is 0.193 e. The molecule has 1 aromatic carbocycles.